The fraction of sp³-hybridized carbons (Fsp3) is 0.238. The monoisotopic (exact) mass is 490 g/mol. The summed E-state index contributed by atoms with van der Waals surface area (Å²) in [4.78, 5) is 9.44. The first-order chi connectivity index (χ1) is 15.3. The van der Waals surface area contributed by atoms with Crippen LogP contribution in [0.3, 0.4) is 0 Å². The molecule has 0 unspecified atom stereocenters. The SMILES string of the molecule is CCn1c(SCc2csc(-c3ccc(OC)c(OC)c3)n2)nc2cc(S(N)(=O)=O)ccc21. The summed E-state index contributed by atoms with van der Waals surface area (Å²) in [5.74, 6) is 1.97. The third-order valence-corrected chi connectivity index (χ3v) is 7.72. The van der Waals surface area contributed by atoms with Crippen molar-refractivity contribution in [2.75, 3.05) is 14.2 Å². The summed E-state index contributed by atoms with van der Waals surface area (Å²) in [5.41, 5.74) is 3.36. The number of nitrogens with zero attached hydrogens (tertiary/aromatic N) is 3. The van der Waals surface area contributed by atoms with Gasteiger partial charge in [0.25, 0.3) is 0 Å². The number of hydrogen-bond acceptors (Lipinski definition) is 8. The number of ether oxygens (including phenoxy) is 2. The molecular formula is C21H22N4O4S3. The highest BCUT2D eigenvalue weighted by Gasteiger charge is 2.16. The van der Waals surface area contributed by atoms with Crippen molar-refractivity contribution >= 4 is 44.2 Å². The maximum atomic E-state index is 11.7. The highest BCUT2D eigenvalue weighted by atomic mass is 32.2. The third-order valence-electron chi connectivity index (χ3n) is 4.86. The molecule has 0 spiro atoms. The lowest BCUT2D eigenvalue weighted by atomic mass is 10.2. The molecule has 2 N–H and O–H groups in total. The number of thioether (sulfide) groups is 1. The molecule has 0 atom stereocenters. The standard InChI is InChI=1S/C21H22N4O4S3/c1-4-25-17-7-6-15(32(22,26)27)10-16(17)24-21(25)31-12-14-11-30-20(23-14)13-5-8-18(28-2)19(9-13)29-3/h5-11H,4,12H2,1-3H3,(H2,22,26,27). The molecule has 32 heavy (non-hydrogen) atoms. The molecule has 8 nitrogen and oxygen atoms in total. The van der Waals surface area contributed by atoms with Crippen LogP contribution in [0.2, 0.25) is 0 Å². The van der Waals surface area contributed by atoms with Crippen LogP contribution in [0.5, 0.6) is 11.5 Å². The minimum absolute atomic E-state index is 0.0568. The van der Waals surface area contributed by atoms with Crippen molar-refractivity contribution in [3.63, 3.8) is 0 Å². The van der Waals surface area contributed by atoms with Crippen LogP contribution < -0.4 is 14.6 Å². The van der Waals surface area contributed by atoms with Gasteiger partial charge in [0, 0.05) is 23.2 Å². The Balaban J connectivity index is 1.56. The van der Waals surface area contributed by atoms with E-state index in [0.717, 1.165) is 26.9 Å². The zero-order chi connectivity index (χ0) is 22.9. The number of thiazole rings is 1. The van der Waals surface area contributed by atoms with Gasteiger partial charge in [0.15, 0.2) is 16.7 Å². The number of benzene rings is 2. The van der Waals surface area contributed by atoms with Crippen LogP contribution in [0.25, 0.3) is 21.6 Å². The van der Waals surface area contributed by atoms with E-state index < -0.39 is 10.0 Å². The molecule has 168 valence electrons. The van der Waals surface area contributed by atoms with E-state index in [1.165, 1.54) is 12.1 Å². The number of aryl methyl sites for hydroxylation is 1. The predicted octanol–water partition coefficient (Wildman–Crippen LogP) is 4.14. The Hall–Kier alpha value is -2.60. The predicted molar refractivity (Wildman–Crippen MR) is 127 cm³/mol. The normalized spacial score (nSPS) is 11.8. The topological polar surface area (TPSA) is 109 Å². The zero-order valence-corrected chi connectivity index (χ0v) is 20.2. The average molecular weight is 491 g/mol. The highest BCUT2D eigenvalue weighted by Crippen LogP contribution is 2.35. The first-order valence-corrected chi connectivity index (χ1v) is 13.1. The van der Waals surface area contributed by atoms with Gasteiger partial charge in [0.2, 0.25) is 10.0 Å². The smallest absolute Gasteiger partial charge is 0.238 e. The second-order valence-corrected chi connectivity index (χ2v) is 10.2. The molecule has 0 aliphatic heterocycles. The van der Waals surface area contributed by atoms with E-state index in [0.29, 0.717) is 29.3 Å². The van der Waals surface area contributed by atoms with Gasteiger partial charge in [0.1, 0.15) is 5.01 Å². The van der Waals surface area contributed by atoms with Crippen LogP contribution in [0.4, 0.5) is 0 Å². The van der Waals surface area contributed by atoms with Crippen LogP contribution >= 0.6 is 23.1 Å². The lowest BCUT2D eigenvalue weighted by Gasteiger charge is -2.08. The fourth-order valence-corrected chi connectivity index (χ4v) is 5.72. The van der Waals surface area contributed by atoms with Gasteiger partial charge in [-0.1, -0.05) is 11.8 Å². The number of imidazole rings is 1. The minimum atomic E-state index is -3.77. The van der Waals surface area contributed by atoms with Crippen LogP contribution in [0, 0.1) is 0 Å². The molecule has 4 rings (SSSR count). The van der Waals surface area contributed by atoms with Gasteiger partial charge < -0.3 is 14.0 Å². The molecule has 0 saturated heterocycles. The zero-order valence-electron chi connectivity index (χ0n) is 17.7. The first-order valence-electron chi connectivity index (χ1n) is 9.66. The van der Waals surface area contributed by atoms with E-state index in [1.807, 2.05) is 30.5 Å². The fourth-order valence-electron chi connectivity index (χ4n) is 3.29. The molecular weight excluding hydrogens is 468 g/mol. The molecule has 2 aromatic carbocycles. The van der Waals surface area contributed by atoms with Gasteiger partial charge >= 0.3 is 0 Å². The Labute approximate surface area is 194 Å². The Morgan fingerprint density at radius 3 is 2.56 bits per heavy atom. The summed E-state index contributed by atoms with van der Waals surface area (Å²) in [6.07, 6.45) is 0. The second-order valence-electron chi connectivity index (χ2n) is 6.84. The van der Waals surface area contributed by atoms with Gasteiger partial charge in [-0.3, -0.25) is 0 Å². The van der Waals surface area contributed by atoms with E-state index in [1.54, 1.807) is 43.4 Å². The van der Waals surface area contributed by atoms with Crippen LogP contribution in [-0.4, -0.2) is 37.2 Å². The summed E-state index contributed by atoms with van der Waals surface area (Å²) < 4.78 is 36.1. The van der Waals surface area contributed by atoms with Crippen molar-refractivity contribution < 1.29 is 17.9 Å². The van der Waals surface area contributed by atoms with Gasteiger partial charge in [-0.25, -0.2) is 23.5 Å². The quantitative estimate of drug-likeness (QED) is 0.370. The van der Waals surface area contributed by atoms with Gasteiger partial charge in [-0.05, 0) is 43.3 Å². The van der Waals surface area contributed by atoms with Gasteiger partial charge in [0.05, 0.1) is 35.8 Å². The number of nitrogens with two attached hydrogens (primary N) is 1. The molecule has 0 radical (unpaired) electrons. The summed E-state index contributed by atoms with van der Waals surface area (Å²) >= 11 is 3.12. The molecule has 0 saturated carbocycles. The molecule has 2 heterocycles. The number of aromatic nitrogens is 3. The average Bonchev–Trinajstić information content (AvgIpc) is 3.40. The first kappa shape index (κ1) is 22.6. The summed E-state index contributed by atoms with van der Waals surface area (Å²) in [6.45, 7) is 2.73. The molecule has 0 fully saturated rings. The Morgan fingerprint density at radius 2 is 1.88 bits per heavy atom. The van der Waals surface area contributed by atoms with E-state index in [-0.39, 0.29) is 4.90 Å². The Bertz CT molecular complexity index is 1380. The van der Waals surface area contributed by atoms with Gasteiger partial charge in [-0.2, -0.15) is 0 Å². The van der Waals surface area contributed by atoms with E-state index >= 15 is 0 Å². The minimum Gasteiger partial charge on any atom is -0.493 e. The summed E-state index contributed by atoms with van der Waals surface area (Å²) in [5, 5.41) is 8.97. The Morgan fingerprint density at radius 1 is 1.09 bits per heavy atom. The number of hydrogen-bond donors (Lipinski definition) is 1. The lowest BCUT2D eigenvalue weighted by Crippen LogP contribution is -2.11. The van der Waals surface area contributed by atoms with Crippen molar-refractivity contribution in [3.05, 3.63) is 47.5 Å². The largest absolute Gasteiger partial charge is 0.493 e. The maximum Gasteiger partial charge on any atom is 0.238 e. The van der Waals surface area contributed by atoms with Gasteiger partial charge in [-0.15, -0.1) is 11.3 Å². The Kier molecular flexibility index (Phi) is 6.42. The molecule has 0 aliphatic carbocycles. The van der Waals surface area contributed by atoms with Crippen molar-refractivity contribution in [3.8, 4) is 22.1 Å². The number of methoxy groups -OCH3 is 2. The van der Waals surface area contributed by atoms with Crippen molar-refractivity contribution in [1.82, 2.24) is 14.5 Å². The van der Waals surface area contributed by atoms with Crippen molar-refractivity contribution in [1.29, 1.82) is 0 Å². The maximum absolute atomic E-state index is 11.7. The number of fused-ring (bicyclic) bond motifs is 1. The molecule has 4 aromatic rings. The number of sulfonamides is 1. The molecule has 0 amide bonds. The third kappa shape index (κ3) is 4.46. The summed E-state index contributed by atoms with van der Waals surface area (Å²) in [7, 11) is -0.559. The van der Waals surface area contributed by atoms with Crippen LogP contribution in [-0.2, 0) is 22.3 Å². The highest BCUT2D eigenvalue weighted by molar-refractivity contribution is 7.98. The molecule has 11 heteroatoms. The van der Waals surface area contributed by atoms with Crippen LogP contribution in [0.15, 0.2) is 51.8 Å². The van der Waals surface area contributed by atoms with Crippen molar-refractivity contribution in [2.45, 2.75) is 29.3 Å². The number of primary sulfonamides is 1. The van der Waals surface area contributed by atoms with E-state index in [2.05, 4.69) is 9.55 Å². The lowest BCUT2D eigenvalue weighted by molar-refractivity contribution is 0.355. The molecule has 2 aromatic heterocycles. The van der Waals surface area contributed by atoms with Crippen LogP contribution in [0.1, 0.15) is 12.6 Å². The molecule has 0 aliphatic rings. The van der Waals surface area contributed by atoms with Crippen molar-refractivity contribution in [2.24, 2.45) is 5.14 Å². The van der Waals surface area contributed by atoms with E-state index in [4.69, 9.17) is 19.6 Å². The second kappa shape index (κ2) is 9.10. The van der Waals surface area contributed by atoms with E-state index in [9.17, 15) is 8.42 Å². The molecule has 0 bridgehead atoms. The summed E-state index contributed by atoms with van der Waals surface area (Å²) in [6, 6.07) is 10.5. The number of rotatable bonds is 8.